The smallest absolute Gasteiger partial charge is 0.332 e. The van der Waals surface area contributed by atoms with Crippen molar-refractivity contribution in [2.24, 2.45) is 0 Å². The Kier molecular flexibility index (Phi) is 5.14. The zero-order valence-corrected chi connectivity index (χ0v) is 12.0. The highest BCUT2D eigenvalue weighted by Crippen LogP contribution is 2.28. The number of thiophene rings is 1. The number of aliphatic carboxylic acids is 1. The van der Waals surface area contributed by atoms with Gasteiger partial charge in [0.2, 0.25) is 0 Å². The van der Waals surface area contributed by atoms with Crippen molar-refractivity contribution >= 4 is 23.2 Å². The molecule has 20 heavy (non-hydrogen) atoms. The number of carbonyl (C=O) groups is 2. The van der Waals surface area contributed by atoms with Crippen LogP contribution >= 0.6 is 11.3 Å². The van der Waals surface area contributed by atoms with Gasteiger partial charge in [-0.3, -0.25) is 4.79 Å². The van der Waals surface area contributed by atoms with Crippen LogP contribution in [0, 0.1) is 0 Å². The first-order valence-corrected chi connectivity index (χ1v) is 7.70. The molecule has 1 amide bonds. The zero-order chi connectivity index (χ0) is 14.5. The van der Waals surface area contributed by atoms with Gasteiger partial charge in [-0.2, -0.15) is 0 Å². The van der Waals surface area contributed by atoms with Crippen LogP contribution in [0.15, 0.2) is 6.07 Å². The number of amides is 1. The van der Waals surface area contributed by atoms with Crippen LogP contribution in [0.2, 0.25) is 0 Å². The molecule has 1 heterocycles. The van der Waals surface area contributed by atoms with Crippen LogP contribution < -0.4 is 5.32 Å². The summed E-state index contributed by atoms with van der Waals surface area (Å²) in [5, 5.41) is 20.3. The Hall–Kier alpha value is -1.40. The Morgan fingerprint density at radius 2 is 2.05 bits per heavy atom. The predicted octanol–water partition coefficient (Wildman–Crippen LogP) is 1.58. The first-order chi connectivity index (χ1) is 9.58. The summed E-state index contributed by atoms with van der Waals surface area (Å²) < 4.78 is 0. The van der Waals surface area contributed by atoms with Gasteiger partial charge in [-0.05, 0) is 37.3 Å². The molecule has 0 bridgehead atoms. The van der Waals surface area contributed by atoms with E-state index in [1.165, 1.54) is 41.0 Å². The molecule has 1 aliphatic carbocycles. The quantitative estimate of drug-likeness (QED) is 0.720. The monoisotopic (exact) mass is 297 g/mol. The summed E-state index contributed by atoms with van der Waals surface area (Å²) in [5.41, 5.74) is 1.28. The van der Waals surface area contributed by atoms with Crippen molar-refractivity contribution in [1.29, 1.82) is 0 Å². The van der Waals surface area contributed by atoms with E-state index in [2.05, 4.69) is 5.32 Å². The van der Waals surface area contributed by atoms with E-state index >= 15 is 0 Å². The first-order valence-electron chi connectivity index (χ1n) is 6.88. The van der Waals surface area contributed by atoms with Crippen molar-refractivity contribution in [3.05, 3.63) is 21.4 Å². The number of carboxylic acid groups (broad SMARTS) is 1. The number of rotatable bonds is 5. The van der Waals surface area contributed by atoms with Crippen LogP contribution in [-0.2, 0) is 17.6 Å². The van der Waals surface area contributed by atoms with E-state index in [9.17, 15) is 9.59 Å². The second kappa shape index (κ2) is 6.85. The summed E-state index contributed by atoms with van der Waals surface area (Å²) in [4.78, 5) is 24.4. The van der Waals surface area contributed by atoms with Crippen molar-refractivity contribution in [2.45, 2.75) is 44.6 Å². The molecule has 0 spiro atoms. The van der Waals surface area contributed by atoms with E-state index in [0.29, 0.717) is 4.88 Å². The van der Waals surface area contributed by atoms with Crippen molar-refractivity contribution < 1.29 is 19.8 Å². The number of nitrogens with one attached hydrogen (secondary N) is 1. The zero-order valence-electron chi connectivity index (χ0n) is 11.2. The van der Waals surface area contributed by atoms with E-state index in [0.717, 1.165) is 12.8 Å². The van der Waals surface area contributed by atoms with E-state index in [1.54, 1.807) is 0 Å². The molecule has 110 valence electrons. The molecule has 0 saturated heterocycles. The third-order valence-electron chi connectivity index (χ3n) is 3.46. The van der Waals surface area contributed by atoms with Gasteiger partial charge in [0.25, 0.3) is 5.91 Å². The number of fused-ring (bicyclic) bond motifs is 1. The van der Waals surface area contributed by atoms with Gasteiger partial charge in [-0.25, -0.2) is 4.79 Å². The van der Waals surface area contributed by atoms with Gasteiger partial charge in [-0.15, -0.1) is 11.3 Å². The van der Waals surface area contributed by atoms with Crippen LogP contribution in [-0.4, -0.2) is 34.7 Å². The molecule has 0 aliphatic heterocycles. The molecule has 0 radical (unpaired) electrons. The molecular formula is C14H19NO4S. The fourth-order valence-corrected chi connectivity index (χ4v) is 3.48. The SMILES string of the molecule is O=C(NCCC(O)C(=O)O)c1cc2c(s1)CCCCC2. The van der Waals surface area contributed by atoms with Crippen LogP contribution in [0.1, 0.15) is 45.8 Å². The van der Waals surface area contributed by atoms with Gasteiger partial charge in [0.15, 0.2) is 6.10 Å². The molecule has 1 aliphatic rings. The normalized spacial score (nSPS) is 16.1. The fraction of sp³-hybridized carbons (Fsp3) is 0.571. The highest BCUT2D eigenvalue weighted by Gasteiger charge is 2.17. The molecule has 1 unspecified atom stereocenters. The van der Waals surface area contributed by atoms with Crippen LogP contribution in [0.4, 0.5) is 0 Å². The predicted molar refractivity (Wildman–Crippen MR) is 76.2 cm³/mol. The number of carbonyl (C=O) groups excluding carboxylic acids is 1. The van der Waals surface area contributed by atoms with E-state index in [-0.39, 0.29) is 18.9 Å². The maximum atomic E-state index is 12.0. The summed E-state index contributed by atoms with van der Waals surface area (Å²) in [7, 11) is 0. The maximum absolute atomic E-state index is 12.0. The molecule has 2 rings (SSSR count). The second-order valence-corrected chi connectivity index (χ2v) is 6.16. The molecular weight excluding hydrogens is 278 g/mol. The second-order valence-electron chi connectivity index (χ2n) is 5.02. The molecule has 1 atom stereocenters. The van der Waals surface area contributed by atoms with Gasteiger partial charge in [0.05, 0.1) is 4.88 Å². The maximum Gasteiger partial charge on any atom is 0.332 e. The van der Waals surface area contributed by atoms with Crippen molar-refractivity contribution in [1.82, 2.24) is 5.32 Å². The van der Waals surface area contributed by atoms with Gasteiger partial charge in [0.1, 0.15) is 0 Å². The Balaban J connectivity index is 1.88. The third-order valence-corrected chi connectivity index (χ3v) is 4.69. The number of aliphatic hydroxyl groups excluding tert-OH is 1. The number of hydrogen-bond donors (Lipinski definition) is 3. The Morgan fingerprint density at radius 1 is 1.30 bits per heavy atom. The minimum absolute atomic E-state index is 0.0200. The Morgan fingerprint density at radius 3 is 2.80 bits per heavy atom. The largest absolute Gasteiger partial charge is 0.479 e. The number of aryl methyl sites for hydroxylation is 2. The Labute approximate surface area is 121 Å². The fourth-order valence-electron chi connectivity index (χ4n) is 2.31. The topological polar surface area (TPSA) is 86.6 Å². The van der Waals surface area contributed by atoms with E-state index in [4.69, 9.17) is 10.2 Å². The summed E-state index contributed by atoms with van der Waals surface area (Å²) in [6, 6.07) is 1.95. The van der Waals surface area contributed by atoms with Gasteiger partial charge in [-0.1, -0.05) is 6.42 Å². The standard InChI is InChI=1S/C14H19NO4S/c16-10(14(18)19)6-7-15-13(17)12-8-9-4-2-1-3-5-11(9)20-12/h8,10,16H,1-7H2,(H,15,17)(H,18,19). The van der Waals surface area contributed by atoms with Crippen LogP contribution in [0.5, 0.6) is 0 Å². The minimum Gasteiger partial charge on any atom is -0.479 e. The molecule has 6 heteroatoms. The lowest BCUT2D eigenvalue weighted by Gasteiger charge is -2.06. The number of carboxylic acids is 1. The van der Waals surface area contributed by atoms with Gasteiger partial charge < -0.3 is 15.5 Å². The third kappa shape index (κ3) is 3.80. The Bertz CT molecular complexity index is 474. The molecule has 0 aromatic carbocycles. The lowest BCUT2D eigenvalue weighted by atomic mass is 10.1. The van der Waals surface area contributed by atoms with E-state index in [1.807, 2.05) is 6.07 Å². The summed E-state index contributed by atoms with van der Waals surface area (Å²) in [6.07, 6.45) is 4.29. The summed E-state index contributed by atoms with van der Waals surface area (Å²) in [6.45, 7) is 0.162. The first kappa shape index (κ1) is 15.0. The van der Waals surface area contributed by atoms with Crippen molar-refractivity contribution in [3.63, 3.8) is 0 Å². The summed E-state index contributed by atoms with van der Waals surface area (Å²) in [5.74, 6) is -1.44. The number of aliphatic hydroxyl groups is 1. The molecule has 1 aromatic heterocycles. The van der Waals surface area contributed by atoms with Crippen molar-refractivity contribution in [3.8, 4) is 0 Å². The lowest BCUT2D eigenvalue weighted by molar-refractivity contribution is -0.146. The van der Waals surface area contributed by atoms with Crippen molar-refractivity contribution in [2.75, 3.05) is 6.54 Å². The van der Waals surface area contributed by atoms with Gasteiger partial charge in [0, 0.05) is 17.8 Å². The highest BCUT2D eigenvalue weighted by atomic mass is 32.1. The molecule has 0 fully saturated rings. The average molecular weight is 297 g/mol. The molecule has 1 aromatic rings. The average Bonchev–Trinajstić information content (AvgIpc) is 2.70. The minimum atomic E-state index is -1.42. The van der Waals surface area contributed by atoms with Crippen LogP contribution in [0.25, 0.3) is 0 Å². The molecule has 3 N–H and O–H groups in total. The lowest BCUT2D eigenvalue weighted by Crippen LogP contribution is -2.29. The van der Waals surface area contributed by atoms with Crippen LogP contribution in [0.3, 0.4) is 0 Å². The molecule has 0 saturated carbocycles. The van der Waals surface area contributed by atoms with E-state index < -0.39 is 12.1 Å². The van der Waals surface area contributed by atoms with Gasteiger partial charge >= 0.3 is 5.97 Å². The highest BCUT2D eigenvalue weighted by molar-refractivity contribution is 7.14. The summed E-state index contributed by atoms with van der Waals surface area (Å²) >= 11 is 1.53. The number of hydrogen-bond acceptors (Lipinski definition) is 4. The molecule has 5 nitrogen and oxygen atoms in total.